The first kappa shape index (κ1) is 16.6. The van der Waals surface area contributed by atoms with E-state index >= 15 is 0 Å². The number of carbonyl (C=O) groups is 1. The van der Waals surface area contributed by atoms with E-state index in [1.807, 2.05) is 24.3 Å². The van der Waals surface area contributed by atoms with E-state index in [4.69, 9.17) is 14.9 Å². The molecular formula is C15H20O4S. The molecule has 20 heavy (non-hydrogen) atoms. The van der Waals surface area contributed by atoms with Crippen LogP contribution in [0.4, 0.5) is 0 Å². The molecule has 1 unspecified atom stereocenters. The molecule has 0 aliphatic carbocycles. The van der Waals surface area contributed by atoms with Crippen molar-refractivity contribution in [3.8, 4) is 5.75 Å². The first-order chi connectivity index (χ1) is 9.61. The van der Waals surface area contributed by atoms with Crippen LogP contribution in [0.1, 0.15) is 18.9 Å². The number of ether oxygens (including phenoxy) is 1. The third-order valence-corrected chi connectivity index (χ3v) is 3.80. The Labute approximate surface area is 123 Å². The monoisotopic (exact) mass is 296 g/mol. The van der Waals surface area contributed by atoms with Crippen molar-refractivity contribution >= 4 is 23.8 Å². The number of aliphatic hydroxyl groups excluding tert-OH is 1. The zero-order chi connectivity index (χ0) is 14.8. The summed E-state index contributed by atoms with van der Waals surface area (Å²) in [7, 11) is 0. The Kier molecular flexibility index (Phi) is 7.84. The molecule has 0 radical (unpaired) electrons. The average molecular weight is 296 g/mol. The van der Waals surface area contributed by atoms with E-state index in [0.717, 1.165) is 29.6 Å². The highest BCUT2D eigenvalue weighted by molar-refractivity contribution is 7.99. The summed E-state index contributed by atoms with van der Waals surface area (Å²) >= 11 is 1.77. The lowest BCUT2D eigenvalue weighted by Crippen LogP contribution is -2.06. The van der Waals surface area contributed by atoms with Crippen LogP contribution in [0.25, 0.3) is 6.08 Å². The molecule has 0 saturated heterocycles. The first-order valence-electron chi connectivity index (χ1n) is 6.48. The van der Waals surface area contributed by atoms with Crippen LogP contribution in [-0.4, -0.2) is 40.4 Å². The Morgan fingerprint density at radius 1 is 1.40 bits per heavy atom. The van der Waals surface area contributed by atoms with Crippen molar-refractivity contribution < 1.29 is 19.7 Å². The third-order valence-electron chi connectivity index (χ3n) is 2.59. The van der Waals surface area contributed by atoms with Crippen LogP contribution < -0.4 is 4.74 Å². The van der Waals surface area contributed by atoms with Crippen LogP contribution in [-0.2, 0) is 4.79 Å². The maximum absolute atomic E-state index is 10.4. The molecule has 0 aliphatic heterocycles. The SMILES string of the molecule is CC(CCO)SCCOc1ccc(C=CC(=O)O)cc1. The topological polar surface area (TPSA) is 66.8 Å². The molecule has 1 aromatic rings. The summed E-state index contributed by atoms with van der Waals surface area (Å²) in [6.07, 6.45) is 3.45. The molecule has 2 N–H and O–H groups in total. The minimum atomic E-state index is -0.959. The molecule has 0 spiro atoms. The van der Waals surface area contributed by atoms with E-state index < -0.39 is 5.97 Å². The normalized spacial score (nSPS) is 12.5. The number of hydrogen-bond donors (Lipinski definition) is 2. The fourth-order valence-corrected chi connectivity index (χ4v) is 2.37. The minimum absolute atomic E-state index is 0.223. The summed E-state index contributed by atoms with van der Waals surface area (Å²) in [5, 5.41) is 17.8. The van der Waals surface area contributed by atoms with Gasteiger partial charge in [-0.2, -0.15) is 11.8 Å². The van der Waals surface area contributed by atoms with Gasteiger partial charge in [0.25, 0.3) is 0 Å². The van der Waals surface area contributed by atoms with Gasteiger partial charge in [-0.3, -0.25) is 0 Å². The number of thioether (sulfide) groups is 1. The van der Waals surface area contributed by atoms with Crippen molar-refractivity contribution in [2.24, 2.45) is 0 Å². The number of aliphatic carboxylic acids is 1. The minimum Gasteiger partial charge on any atom is -0.493 e. The van der Waals surface area contributed by atoms with Crippen LogP contribution in [0.15, 0.2) is 30.3 Å². The van der Waals surface area contributed by atoms with Gasteiger partial charge >= 0.3 is 5.97 Å². The molecule has 1 atom stereocenters. The Bertz CT molecular complexity index is 428. The lowest BCUT2D eigenvalue weighted by molar-refractivity contribution is -0.131. The third kappa shape index (κ3) is 7.21. The molecule has 0 amide bonds. The van der Waals surface area contributed by atoms with E-state index in [2.05, 4.69) is 6.92 Å². The highest BCUT2D eigenvalue weighted by Gasteiger charge is 2.01. The van der Waals surface area contributed by atoms with Gasteiger partial charge in [-0.1, -0.05) is 19.1 Å². The van der Waals surface area contributed by atoms with E-state index in [-0.39, 0.29) is 6.61 Å². The van der Waals surface area contributed by atoms with Gasteiger partial charge < -0.3 is 14.9 Å². The molecule has 1 rings (SSSR count). The number of rotatable bonds is 9. The summed E-state index contributed by atoms with van der Waals surface area (Å²) in [4.78, 5) is 10.4. The van der Waals surface area contributed by atoms with Crippen molar-refractivity contribution in [1.29, 1.82) is 0 Å². The Hall–Kier alpha value is -1.46. The molecule has 110 valence electrons. The highest BCUT2D eigenvalue weighted by Crippen LogP contribution is 2.16. The standard InChI is InChI=1S/C15H20O4S/c1-12(8-9-16)20-11-10-19-14-5-2-13(3-6-14)4-7-15(17)18/h2-7,12,16H,8-11H2,1H3,(H,17,18). The quantitative estimate of drug-likeness (QED) is 0.542. The lowest BCUT2D eigenvalue weighted by Gasteiger charge is -2.10. The van der Waals surface area contributed by atoms with Crippen molar-refractivity contribution in [3.63, 3.8) is 0 Å². The number of aliphatic hydroxyl groups is 1. The van der Waals surface area contributed by atoms with Gasteiger partial charge in [-0.25, -0.2) is 4.79 Å². The molecule has 0 heterocycles. The molecule has 0 bridgehead atoms. The van der Waals surface area contributed by atoms with Gasteiger partial charge in [0, 0.05) is 23.7 Å². The number of benzene rings is 1. The fourth-order valence-electron chi connectivity index (χ4n) is 1.52. The predicted molar refractivity (Wildman–Crippen MR) is 82.2 cm³/mol. The zero-order valence-electron chi connectivity index (χ0n) is 11.5. The number of carboxylic acid groups (broad SMARTS) is 1. The molecule has 0 aliphatic rings. The van der Waals surface area contributed by atoms with Gasteiger partial charge in [-0.05, 0) is 30.2 Å². The molecular weight excluding hydrogens is 276 g/mol. The van der Waals surface area contributed by atoms with Crippen LogP contribution >= 0.6 is 11.8 Å². The maximum atomic E-state index is 10.4. The first-order valence-corrected chi connectivity index (χ1v) is 7.53. The van der Waals surface area contributed by atoms with E-state index in [9.17, 15) is 4.79 Å². The predicted octanol–water partition coefficient (Wildman–Crippen LogP) is 2.67. The Morgan fingerprint density at radius 3 is 2.70 bits per heavy atom. The summed E-state index contributed by atoms with van der Waals surface area (Å²) in [6.45, 7) is 2.93. The zero-order valence-corrected chi connectivity index (χ0v) is 12.3. The van der Waals surface area contributed by atoms with Crippen molar-refractivity contribution in [1.82, 2.24) is 0 Å². The largest absolute Gasteiger partial charge is 0.493 e. The van der Waals surface area contributed by atoms with Crippen LogP contribution in [0.3, 0.4) is 0 Å². The van der Waals surface area contributed by atoms with Crippen molar-refractivity contribution in [3.05, 3.63) is 35.9 Å². The fraction of sp³-hybridized carbons (Fsp3) is 0.400. The molecule has 0 saturated carbocycles. The second-order valence-electron chi connectivity index (χ2n) is 4.28. The average Bonchev–Trinajstić information content (AvgIpc) is 2.43. The maximum Gasteiger partial charge on any atom is 0.328 e. The molecule has 0 aromatic heterocycles. The van der Waals surface area contributed by atoms with E-state index in [0.29, 0.717) is 11.9 Å². The highest BCUT2D eigenvalue weighted by atomic mass is 32.2. The van der Waals surface area contributed by atoms with E-state index in [1.165, 1.54) is 0 Å². The summed E-state index contributed by atoms with van der Waals surface area (Å²) < 4.78 is 5.59. The van der Waals surface area contributed by atoms with Crippen LogP contribution in [0.5, 0.6) is 5.75 Å². The molecule has 4 nitrogen and oxygen atoms in total. The van der Waals surface area contributed by atoms with Crippen LogP contribution in [0, 0.1) is 0 Å². The second kappa shape index (κ2) is 9.44. The van der Waals surface area contributed by atoms with E-state index in [1.54, 1.807) is 17.8 Å². The van der Waals surface area contributed by atoms with Gasteiger partial charge in [0.15, 0.2) is 0 Å². The lowest BCUT2D eigenvalue weighted by atomic mass is 10.2. The summed E-state index contributed by atoms with van der Waals surface area (Å²) in [5.41, 5.74) is 0.825. The molecule has 0 fully saturated rings. The van der Waals surface area contributed by atoms with Crippen molar-refractivity contribution in [2.45, 2.75) is 18.6 Å². The summed E-state index contributed by atoms with van der Waals surface area (Å²) in [6, 6.07) is 7.28. The molecule has 5 heteroatoms. The van der Waals surface area contributed by atoms with Gasteiger partial charge in [-0.15, -0.1) is 0 Å². The van der Waals surface area contributed by atoms with Crippen molar-refractivity contribution in [2.75, 3.05) is 19.0 Å². The Balaban J connectivity index is 2.29. The number of hydrogen-bond acceptors (Lipinski definition) is 4. The molecule has 1 aromatic carbocycles. The van der Waals surface area contributed by atoms with Gasteiger partial charge in [0.2, 0.25) is 0 Å². The number of carboxylic acids is 1. The summed E-state index contributed by atoms with van der Waals surface area (Å²) in [5.74, 6) is 0.689. The van der Waals surface area contributed by atoms with Crippen LogP contribution in [0.2, 0.25) is 0 Å². The Morgan fingerprint density at radius 2 is 2.10 bits per heavy atom. The smallest absolute Gasteiger partial charge is 0.328 e. The van der Waals surface area contributed by atoms with Gasteiger partial charge in [0.05, 0.1) is 6.61 Å². The van der Waals surface area contributed by atoms with Gasteiger partial charge in [0.1, 0.15) is 5.75 Å². The second-order valence-corrected chi connectivity index (χ2v) is 5.83.